The number of benzene rings is 2. The highest BCUT2D eigenvalue weighted by atomic mass is 19.4. The number of hydrogen-bond donors (Lipinski definition) is 2. The van der Waals surface area contributed by atoms with E-state index < -0.39 is 35.7 Å². The summed E-state index contributed by atoms with van der Waals surface area (Å²) >= 11 is 0. The van der Waals surface area contributed by atoms with Crippen molar-refractivity contribution in [3.8, 4) is 0 Å². The Morgan fingerprint density at radius 3 is 2.11 bits per heavy atom. The molecule has 3 amide bonds. The summed E-state index contributed by atoms with van der Waals surface area (Å²) in [5.74, 6) is -0.506. The molecule has 3 atom stereocenters. The van der Waals surface area contributed by atoms with E-state index in [2.05, 4.69) is 10.6 Å². The molecule has 2 aromatic carbocycles. The van der Waals surface area contributed by atoms with Gasteiger partial charge in [-0.15, -0.1) is 0 Å². The summed E-state index contributed by atoms with van der Waals surface area (Å²) in [7, 11) is 0. The van der Waals surface area contributed by atoms with Gasteiger partial charge in [-0.25, -0.2) is 4.79 Å². The van der Waals surface area contributed by atoms with Crippen molar-refractivity contribution in [2.75, 3.05) is 19.6 Å². The predicted octanol–water partition coefficient (Wildman–Crippen LogP) is 7.45. The Morgan fingerprint density at radius 2 is 1.55 bits per heavy atom. The fourth-order valence-electron chi connectivity index (χ4n) is 6.09. The van der Waals surface area contributed by atoms with Gasteiger partial charge in [0.2, 0.25) is 5.91 Å². The van der Waals surface area contributed by atoms with Crippen molar-refractivity contribution >= 4 is 11.9 Å². The van der Waals surface area contributed by atoms with Gasteiger partial charge >= 0.3 is 18.4 Å². The monoisotopic (exact) mass is 627 g/mol. The average molecular weight is 628 g/mol. The van der Waals surface area contributed by atoms with Gasteiger partial charge in [0.05, 0.1) is 23.3 Å². The van der Waals surface area contributed by atoms with Crippen LogP contribution >= 0.6 is 0 Å². The first-order chi connectivity index (χ1) is 20.8. The van der Waals surface area contributed by atoms with Gasteiger partial charge in [0.25, 0.3) is 0 Å². The van der Waals surface area contributed by atoms with Crippen molar-refractivity contribution in [1.29, 1.82) is 0 Å². The maximum absolute atomic E-state index is 13.6. The van der Waals surface area contributed by atoms with Crippen molar-refractivity contribution in [2.45, 2.75) is 88.9 Å². The molecule has 1 aliphatic carbocycles. The summed E-state index contributed by atoms with van der Waals surface area (Å²) in [6, 6.07) is 10.6. The van der Waals surface area contributed by atoms with Gasteiger partial charge in [-0.1, -0.05) is 37.3 Å². The molecule has 2 aliphatic rings. The Balaban J connectivity index is 1.45. The Bertz CT molecular complexity index is 1230. The van der Waals surface area contributed by atoms with Gasteiger partial charge in [-0.05, 0) is 74.8 Å². The SMILES string of the molecule is CCCNC(=O)N[C@H]1CC[C@H](C(=O)N2CC[C@H](O[C@H](C)c3cc(C(F)(F)F)cc(C(F)(F)F)c3)[C@H](c3ccccc3)C2)CC1. The summed E-state index contributed by atoms with van der Waals surface area (Å²) in [5, 5.41) is 5.76. The highest BCUT2D eigenvalue weighted by Crippen LogP contribution is 2.40. The second-order valence-corrected chi connectivity index (χ2v) is 11.7. The number of piperidine rings is 1. The summed E-state index contributed by atoms with van der Waals surface area (Å²) in [5.41, 5.74) is -2.12. The maximum Gasteiger partial charge on any atom is 0.416 e. The topological polar surface area (TPSA) is 70.7 Å². The lowest BCUT2D eigenvalue weighted by Crippen LogP contribution is -2.49. The first kappa shape index (κ1) is 33.6. The summed E-state index contributed by atoms with van der Waals surface area (Å²) in [6.45, 7) is 4.68. The van der Waals surface area contributed by atoms with E-state index in [0.29, 0.717) is 63.9 Å². The second kappa shape index (κ2) is 14.2. The van der Waals surface area contributed by atoms with Crippen LogP contribution in [0.1, 0.15) is 86.6 Å². The molecule has 0 bridgehead atoms. The van der Waals surface area contributed by atoms with E-state index in [9.17, 15) is 35.9 Å². The largest absolute Gasteiger partial charge is 0.416 e. The Kier molecular flexibility index (Phi) is 10.9. The molecule has 2 aromatic rings. The molecule has 2 fully saturated rings. The van der Waals surface area contributed by atoms with Crippen LogP contribution in [0.5, 0.6) is 0 Å². The van der Waals surface area contributed by atoms with Gasteiger partial charge in [0.15, 0.2) is 0 Å². The fraction of sp³-hybridized carbons (Fsp3) is 0.562. The molecule has 1 heterocycles. The molecule has 4 rings (SSSR count). The number of alkyl halides is 6. The quantitative estimate of drug-likeness (QED) is 0.299. The average Bonchev–Trinajstić information content (AvgIpc) is 2.99. The molecule has 1 saturated heterocycles. The van der Waals surface area contributed by atoms with Crippen LogP contribution in [0, 0.1) is 5.92 Å². The Labute approximate surface area is 253 Å². The van der Waals surface area contributed by atoms with Crippen LogP contribution in [0.15, 0.2) is 48.5 Å². The van der Waals surface area contributed by atoms with E-state index in [1.165, 1.54) is 6.92 Å². The Hall–Kier alpha value is -3.28. The minimum absolute atomic E-state index is 0.00214. The number of urea groups is 1. The molecule has 12 heteroatoms. The molecule has 0 unspecified atom stereocenters. The van der Waals surface area contributed by atoms with Gasteiger partial charge in [0, 0.05) is 37.5 Å². The van der Waals surface area contributed by atoms with E-state index >= 15 is 0 Å². The standard InChI is InChI=1S/C32H39F6N3O3/c1-3-14-39-30(43)40-26-11-9-22(10-12-26)29(42)41-15-13-28(27(19-41)21-7-5-4-6-8-21)44-20(2)23-16-24(31(33,34)35)18-25(17-23)32(36,37)38/h4-8,16-18,20,22,26-28H,3,9-15,19H2,1-2H3,(H2,39,40,43)/t20-,22-,26-,27+,28+/m1/s1. The fourth-order valence-corrected chi connectivity index (χ4v) is 6.09. The summed E-state index contributed by atoms with van der Waals surface area (Å²) in [4.78, 5) is 27.4. The van der Waals surface area contributed by atoms with Crippen LogP contribution in [0.25, 0.3) is 0 Å². The van der Waals surface area contributed by atoms with Crippen LogP contribution in [0.3, 0.4) is 0 Å². The van der Waals surface area contributed by atoms with Crippen LogP contribution < -0.4 is 10.6 Å². The van der Waals surface area contributed by atoms with Crippen molar-refractivity contribution < 1.29 is 40.7 Å². The molecule has 44 heavy (non-hydrogen) atoms. The number of likely N-dealkylation sites (tertiary alicyclic amines) is 1. The van der Waals surface area contributed by atoms with Gasteiger partial charge < -0.3 is 20.3 Å². The Morgan fingerprint density at radius 1 is 0.932 bits per heavy atom. The number of carbonyl (C=O) groups excluding carboxylic acids is 2. The minimum atomic E-state index is -4.95. The number of rotatable bonds is 8. The lowest BCUT2D eigenvalue weighted by atomic mass is 9.83. The third kappa shape index (κ3) is 8.67. The highest BCUT2D eigenvalue weighted by Gasteiger charge is 2.40. The van der Waals surface area contributed by atoms with E-state index in [1.807, 2.05) is 37.3 Å². The number of nitrogens with one attached hydrogen (secondary N) is 2. The van der Waals surface area contributed by atoms with Gasteiger partial charge in [-0.3, -0.25) is 4.79 Å². The number of nitrogens with zero attached hydrogens (tertiary/aromatic N) is 1. The minimum Gasteiger partial charge on any atom is -0.370 e. The summed E-state index contributed by atoms with van der Waals surface area (Å²) < 4.78 is 87.0. The number of amides is 3. The molecule has 242 valence electrons. The van der Waals surface area contributed by atoms with E-state index in [-0.39, 0.29) is 41.4 Å². The predicted molar refractivity (Wildman–Crippen MR) is 153 cm³/mol. The first-order valence-electron chi connectivity index (χ1n) is 15.1. The number of ether oxygens (including phenoxy) is 1. The molecular formula is C32H39F6N3O3. The molecule has 1 saturated carbocycles. The van der Waals surface area contributed by atoms with E-state index in [4.69, 9.17) is 4.74 Å². The summed E-state index contributed by atoms with van der Waals surface area (Å²) in [6.07, 6.45) is -7.65. The zero-order chi connectivity index (χ0) is 32.1. The van der Waals surface area contributed by atoms with E-state index in [1.54, 1.807) is 4.90 Å². The number of halogens is 6. The molecule has 0 spiro atoms. The molecule has 0 radical (unpaired) electrons. The normalized spacial score (nSPS) is 23.6. The molecule has 1 aliphatic heterocycles. The second-order valence-electron chi connectivity index (χ2n) is 11.7. The van der Waals surface area contributed by atoms with Crippen LogP contribution in [0.2, 0.25) is 0 Å². The highest BCUT2D eigenvalue weighted by molar-refractivity contribution is 5.79. The van der Waals surface area contributed by atoms with Crippen molar-refractivity contribution in [2.24, 2.45) is 5.92 Å². The first-order valence-corrected chi connectivity index (χ1v) is 15.1. The smallest absolute Gasteiger partial charge is 0.370 e. The molecule has 0 aromatic heterocycles. The van der Waals surface area contributed by atoms with Gasteiger partial charge in [0.1, 0.15) is 0 Å². The zero-order valence-corrected chi connectivity index (χ0v) is 24.8. The third-order valence-electron chi connectivity index (χ3n) is 8.49. The number of carbonyl (C=O) groups is 2. The lowest BCUT2D eigenvalue weighted by Gasteiger charge is -2.41. The molecular weight excluding hydrogens is 588 g/mol. The van der Waals surface area contributed by atoms with Crippen molar-refractivity contribution in [1.82, 2.24) is 15.5 Å². The number of hydrogen-bond acceptors (Lipinski definition) is 3. The van der Waals surface area contributed by atoms with Crippen molar-refractivity contribution in [3.63, 3.8) is 0 Å². The lowest BCUT2D eigenvalue weighted by molar-refractivity contribution is -0.143. The van der Waals surface area contributed by atoms with Gasteiger partial charge in [-0.2, -0.15) is 26.3 Å². The van der Waals surface area contributed by atoms with Crippen LogP contribution in [-0.2, 0) is 21.9 Å². The molecule has 2 N–H and O–H groups in total. The zero-order valence-electron chi connectivity index (χ0n) is 24.8. The van der Waals surface area contributed by atoms with E-state index in [0.717, 1.165) is 12.0 Å². The third-order valence-corrected chi connectivity index (χ3v) is 8.49. The maximum atomic E-state index is 13.6. The van der Waals surface area contributed by atoms with Crippen LogP contribution in [0.4, 0.5) is 31.1 Å². The molecule has 6 nitrogen and oxygen atoms in total. The van der Waals surface area contributed by atoms with Crippen molar-refractivity contribution in [3.05, 3.63) is 70.8 Å². The van der Waals surface area contributed by atoms with Crippen LogP contribution in [-0.4, -0.2) is 48.6 Å².